The highest BCUT2D eigenvalue weighted by Gasteiger charge is 2.09. The molecule has 0 unspecified atom stereocenters. The van der Waals surface area contributed by atoms with Crippen molar-refractivity contribution in [2.24, 2.45) is 12.0 Å². The first-order chi connectivity index (χ1) is 11.1. The van der Waals surface area contributed by atoms with E-state index < -0.39 is 0 Å². The predicted octanol–water partition coefficient (Wildman–Crippen LogP) is 1.21. The van der Waals surface area contributed by atoms with Gasteiger partial charge in [-0.05, 0) is 19.1 Å². The van der Waals surface area contributed by atoms with Gasteiger partial charge in [-0.3, -0.25) is 4.99 Å². The average Bonchev–Trinajstić information content (AvgIpc) is 2.88. The minimum absolute atomic E-state index is 0.577. The SMILES string of the molecule is CN=C(NCc1nnc(C)n1C)N(C)CCOc1ccccc1. The lowest BCUT2D eigenvalue weighted by atomic mass is 10.3. The summed E-state index contributed by atoms with van der Waals surface area (Å²) in [6.07, 6.45) is 0. The minimum Gasteiger partial charge on any atom is -0.492 e. The van der Waals surface area contributed by atoms with Crippen molar-refractivity contribution in [2.45, 2.75) is 13.5 Å². The molecule has 0 radical (unpaired) electrons. The Labute approximate surface area is 137 Å². The third-order valence-electron chi connectivity index (χ3n) is 3.60. The van der Waals surface area contributed by atoms with Gasteiger partial charge in [0.25, 0.3) is 0 Å². The first-order valence-electron chi connectivity index (χ1n) is 7.56. The lowest BCUT2D eigenvalue weighted by molar-refractivity contribution is 0.281. The van der Waals surface area contributed by atoms with Gasteiger partial charge in [-0.25, -0.2) is 0 Å². The van der Waals surface area contributed by atoms with Gasteiger partial charge >= 0.3 is 0 Å². The van der Waals surface area contributed by atoms with Crippen LogP contribution in [0.1, 0.15) is 11.6 Å². The molecule has 2 rings (SSSR count). The number of benzene rings is 1. The number of ether oxygens (including phenoxy) is 1. The molecule has 0 bridgehead atoms. The zero-order chi connectivity index (χ0) is 16.7. The minimum atomic E-state index is 0.577. The number of para-hydroxylation sites is 1. The number of nitrogens with zero attached hydrogens (tertiary/aromatic N) is 5. The largest absolute Gasteiger partial charge is 0.492 e. The van der Waals surface area contributed by atoms with E-state index in [4.69, 9.17) is 4.74 Å². The lowest BCUT2D eigenvalue weighted by Gasteiger charge is -2.22. The molecule has 124 valence electrons. The number of aryl methyl sites for hydroxylation is 1. The Morgan fingerprint density at radius 1 is 1.30 bits per heavy atom. The van der Waals surface area contributed by atoms with Crippen LogP contribution in [0.2, 0.25) is 0 Å². The quantitative estimate of drug-likeness (QED) is 0.641. The molecule has 0 saturated carbocycles. The first-order valence-corrected chi connectivity index (χ1v) is 7.56. The average molecular weight is 316 g/mol. The fourth-order valence-corrected chi connectivity index (χ4v) is 2.07. The number of hydrogen-bond acceptors (Lipinski definition) is 4. The van der Waals surface area contributed by atoms with Crippen molar-refractivity contribution >= 4 is 5.96 Å². The van der Waals surface area contributed by atoms with Gasteiger partial charge in [0.1, 0.15) is 18.2 Å². The van der Waals surface area contributed by atoms with Crippen LogP contribution in [0.4, 0.5) is 0 Å². The van der Waals surface area contributed by atoms with E-state index in [1.807, 2.05) is 60.8 Å². The summed E-state index contributed by atoms with van der Waals surface area (Å²) in [4.78, 5) is 6.30. The predicted molar refractivity (Wildman–Crippen MR) is 90.5 cm³/mol. The van der Waals surface area contributed by atoms with Crippen molar-refractivity contribution in [2.75, 3.05) is 27.2 Å². The van der Waals surface area contributed by atoms with Gasteiger partial charge in [0.05, 0.1) is 13.1 Å². The highest BCUT2D eigenvalue weighted by atomic mass is 16.5. The highest BCUT2D eigenvalue weighted by molar-refractivity contribution is 5.79. The van der Waals surface area contributed by atoms with Crippen LogP contribution in [-0.4, -0.2) is 52.9 Å². The van der Waals surface area contributed by atoms with Gasteiger partial charge in [0.15, 0.2) is 11.8 Å². The highest BCUT2D eigenvalue weighted by Crippen LogP contribution is 2.07. The van der Waals surface area contributed by atoms with Crippen LogP contribution in [0.25, 0.3) is 0 Å². The Hall–Kier alpha value is -2.57. The maximum absolute atomic E-state index is 5.71. The Kier molecular flexibility index (Phi) is 5.96. The third-order valence-corrected chi connectivity index (χ3v) is 3.60. The van der Waals surface area contributed by atoms with Crippen LogP contribution in [0.3, 0.4) is 0 Å². The van der Waals surface area contributed by atoms with Crippen LogP contribution in [-0.2, 0) is 13.6 Å². The van der Waals surface area contributed by atoms with Crippen LogP contribution in [0.15, 0.2) is 35.3 Å². The Morgan fingerprint density at radius 2 is 2.04 bits per heavy atom. The monoisotopic (exact) mass is 316 g/mol. The molecule has 1 N–H and O–H groups in total. The summed E-state index contributed by atoms with van der Waals surface area (Å²) in [5, 5.41) is 11.5. The molecule has 1 heterocycles. The van der Waals surface area contributed by atoms with Gasteiger partial charge < -0.3 is 19.5 Å². The Balaban J connectivity index is 1.79. The molecule has 2 aromatic rings. The molecule has 1 aromatic heterocycles. The number of guanidine groups is 1. The lowest BCUT2D eigenvalue weighted by Crippen LogP contribution is -2.40. The van der Waals surface area contributed by atoms with E-state index in [-0.39, 0.29) is 0 Å². The molecule has 0 spiro atoms. The molecule has 0 saturated heterocycles. The number of hydrogen-bond donors (Lipinski definition) is 1. The summed E-state index contributed by atoms with van der Waals surface area (Å²) in [5.41, 5.74) is 0. The molecule has 7 nitrogen and oxygen atoms in total. The molecule has 0 atom stereocenters. The maximum Gasteiger partial charge on any atom is 0.193 e. The zero-order valence-corrected chi connectivity index (χ0v) is 14.2. The molecule has 1 aromatic carbocycles. The van der Waals surface area contributed by atoms with E-state index in [9.17, 15) is 0 Å². The fraction of sp³-hybridized carbons (Fsp3) is 0.438. The first kappa shape index (κ1) is 16.8. The number of rotatable bonds is 6. The number of aliphatic imine (C=N–C) groups is 1. The Bertz CT molecular complexity index is 637. The summed E-state index contributed by atoms with van der Waals surface area (Å²) in [7, 11) is 5.69. The number of aromatic nitrogens is 3. The van der Waals surface area contributed by atoms with Crippen LogP contribution < -0.4 is 10.1 Å². The molecule has 0 aliphatic heterocycles. The molecule has 7 heteroatoms. The normalized spacial score (nSPS) is 11.4. The molecule has 0 amide bonds. The second-order valence-electron chi connectivity index (χ2n) is 5.21. The summed E-state index contributed by atoms with van der Waals surface area (Å²) in [6.45, 7) is 3.82. The summed E-state index contributed by atoms with van der Waals surface area (Å²) in [6, 6.07) is 9.79. The van der Waals surface area contributed by atoms with Crippen LogP contribution >= 0.6 is 0 Å². The van der Waals surface area contributed by atoms with Crippen molar-refractivity contribution in [1.82, 2.24) is 25.0 Å². The topological polar surface area (TPSA) is 67.6 Å². The smallest absolute Gasteiger partial charge is 0.193 e. The van der Waals surface area contributed by atoms with Crippen molar-refractivity contribution in [3.63, 3.8) is 0 Å². The van der Waals surface area contributed by atoms with Crippen molar-refractivity contribution < 1.29 is 4.74 Å². The molecule has 0 fully saturated rings. The standard InChI is InChI=1S/C16H24N6O/c1-13-19-20-15(22(13)4)12-18-16(17-2)21(3)10-11-23-14-8-6-5-7-9-14/h5-9H,10-12H2,1-4H3,(H,17,18). The fourth-order valence-electron chi connectivity index (χ4n) is 2.07. The molecular formula is C16H24N6O. The van der Waals surface area contributed by atoms with Crippen LogP contribution in [0.5, 0.6) is 5.75 Å². The van der Waals surface area contributed by atoms with Gasteiger partial charge in [0.2, 0.25) is 0 Å². The van der Waals surface area contributed by atoms with Gasteiger partial charge in [0, 0.05) is 21.1 Å². The molecular weight excluding hydrogens is 292 g/mol. The van der Waals surface area contributed by atoms with E-state index >= 15 is 0 Å². The zero-order valence-electron chi connectivity index (χ0n) is 14.2. The third kappa shape index (κ3) is 4.70. The second kappa shape index (κ2) is 8.17. The molecule has 0 aliphatic carbocycles. The van der Waals surface area contributed by atoms with Crippen molar-refractivity contribution in [3.05, 3.63) is 42.0 Å². The molecule has 0 aliphatic rings. The Morgan fingerprint density at radius 3 is 2.65 bits per heavy atom. The van der Waals surface area contributed by atoms with Gasteiger partial charge in [-0.1, -0.05) is 18.2 Å². The van der Waals surface area contributed by atoms with Crippen molar-refractivity contribution in [3.8, 4) is 5.75 Å². The van der Waals surface area contributed by atoms with Gasteiger partial charge in [-0.2, -0.15) is 0 Å². The van der Waals surface area contributed by atoms with E-state index in [1.165, 1.54) is 0 Å². The molecule has 23 heavy (non-hydrogen) atoms. The summed E-state index contributed by atoms with van der Waals surface area (Å²) in [5.74, 6) is 3.43. The number of likely N-dealkylation sites (N-methyl/N-ethyl adjacent to an activating group) is 1. The summed E-state index contributed by atoms with van der Waals surface area (Å²) < 4.78 is 7.66. The maximum atomic E-state index is 5.71. The van der Waals surface area contributed by atoms with E-state index in [1.54, 1.807) is 7.05 Å². The van der Waals surface area contributed by atoms with E-state index in [2.05, 4.69) is 20.5 Å². The van der Waals surface area contributed by atoms with Crippen LogP contribution in [0, 0.1) is 6.92 Å². The van der Waals surface area contributed by atoms with E-state index in [0.29, 0.717) is 13.2 Å². The van der Waals surface area contributed by atoms with E-state index in [0.717, 1.165) is 29.9 Å². The number of nitrogens with one attached hydrogen (secondary N) is 1. The van der Waals surface area contributed by atoms with Gasteiger partial charge in [-0.15, -0.1) is 10.2 Å². The van der Waals surface area contributed by atoms with Crippen molar-refractivity contribution in [1.29, 1.82) is 0 Å². The summed E-state index contributed by atoms with van der Waals surface area (Å²) >= 11 is 0. The second-order valence-corrected chi connectivity index (χ2v) is 5.21.